The summed E-state index contributed by atoms with van der Waals surface area (Å²) in [6.45, 7) is 11.6. The van der Waals surface area contributed by atoms with Gasteiger partial charge in [0.25, 0.3) is 0 Å². The molecule has 0 saturated heterocycles. The summed E-state index contributed by atoms with van der Waals surface area (Å²) in [5, 5.41) is 0. The van der Waals surface area contributed by atoms with Crippen molar-refractivity contribution >= 4 is 7.26 Å². The van der Waals surface area contributed by atoms with Gasteiger partial charge in [-0.25, -0.2) is 0 Å². The Balaban J connectivity index is 2.93. The zero-order valence-electron chi connectivity index (χ0n) is 11.7. The molecule has 0 aliphatic carbocycles. The Kier molecular flexibility index (Phi) is 7.15. The molecule has 1 aromatic carbocycles. The van der Waals surface area contributed by atoms with Crippen molar-refractivity contribution in [1.82, 2.24) is 0 Å². The Morgan fingerprint density at radius 3 is 2.05 bits per heavy atom. The SMILES string of the molecule is C=CC=CC[P+](CC=C)(CC=C)Cc1ccccc1. The third-order valence-electron chi connectivity index (χ3n) is 3.16. The van der Waals surface area contributed by atoms with Gasteiger partial charge in [0, 0.05) is 7.26 Å². The van der Waals surface area contributed by atoms with E-state index in [1.54, 1.807) is 0 Å². The van der Waals surface area contributed by atoms with Gasteiger partial charge >= 0.3 is 0 Å². The molecule has 0 atom stereocenters. The van der Waals surface area contributed by atoms with Crippen molar-refractivity contribution < 1.29 is 0 Å². The van der Waals surface area contributed by atoms with E-state index in [1.807, 2.05) is 12.2 Å². The van der Waals surface area contributed by atoms with E-state index >= 15 is 0 Å². The summed E-state index contributed by atoms with van der Waals surface area (Å²) < 4.78 is 0. The summed E-state index contributed by atoms with van der Waals surface area (Å²) in [6.07, 6.45) is 14.8. The van der Waals surface area contributed by atoms with Crippen LogP contribution >= 0.6 is 7.26 Å². The van der Waals surface area contributed by atoms with Crippen LogP contribution in [0.2, 0.25) is 0 Å². The minimum atomic E-state index is -1.12. The highest BCUT2D eigenvalue weighted by molar-refractivity contribution is 7.75. The van der Waals surface area contributed by atoms with E-state index in [4.69, 9.17) is 0 Å². The minimum absolute atomic E-state index is 1.11. The summed E-state index contributed by atoms with van der Waals surface area (Å²) >= 11 is 0. The van der Waals surface area contributed by atoms with E-state index in [0.717, 1.165) is 24.6 Å². The highest BCUT2D eigenvalue weighted by Crippen LogP contribution is 2.61. The zero-order valence-corrected chi connectivity index (χ0v) is 12.6. The molecule has 0 aliphatic rings. The quantitative estimate of drug-likeness (QED) is 0.324. The number of hydrogen-bond donors (Lipinski definition) is 0. The van der Waals surface area contributed by atoms with Crippen LogP contribution in [0.5, 0.6) is 0 Å². The predicted octanol–water partition coefficient (Wildman–Crippen LogP) is 5.32. The van der Waals surface area contributed by atoms with Crippen LogP contribution in [0.25, 0.3) is 0 Å². The second kappa shape index (κ2) is 8.67. The number of allylic oxidation sites excluding steroid dienone is 5. The number of hydrogen-bond acceptors (Lipinski definition) is 0. The van der Waals surface area contributed by atoms with E-state index < -0.39 is 7.26 Å². The summed E-state index contributed by atoms with van der Waals surface area (Å²) in [7, 11) is -1.12. The lowest BCUT2D eigenvalue weighted by atomic mass is 10.2. The van der Waals surface area contributed by atoms with Crippen LogP contribution in [0.1, 0.15) is 5.56 Å². The smallest absolute Gasteiger partial charge is 0.0852 e. The van der Waals surface area contributed by atoms with Crippen LogP contribution in [0, 0.1) is 0 Å². The lowest BCUT2D eigenvalue weighted by molar-refractivity contribution is 1.32. The molecule has 0 unspecified atom stereocenters. The average Bonchev–Trinajstić information content (AvgIpc) is 2.41. The van der Waals surface area contributed by atoms with Gasteiger partial charge in [-0.15, -0.1) is 0 Å². The highest BCUT2D eigenvalue weighted by Gasteiger charge is 2.33. The summed E-state index contributed by atoms with van der Waals surface area (Å²) in [5.74, 6) is 0. The molecule has 1 aromatic rings. The van der Waals surface area contributed by atoms with Crippen molar-refractivity contribution in [3.63, 3.8) is 0 Å². The summed E-state index contributed by atoms with van der Waals surface area (Å²) in [5.41, 5.74) is 1.42. The van der Waals surface area contributed by atoms with Gasteiger partial charge in [-0.3, -0.25) is 0 Å². The van der Waals surface area contributed by atoms with E-state index in [1.165, 1.54) is 5.56 Å². The molecule has 0 N–H and O–H groups in total. The first-order valence-corrected chi connectivity index (χ1v) is 9.18. The van der Waals surface area contributed by atoms with Crippen LogP contribution < -0.4 is 0 Å². The van der Waals surface area contributed by atoms with Crippen molar-refractivity contribution in [2.24, 2.45) is 0 Å². The van der Waals surface area contributed by atoms with Gasteiger partial charge in [-0.1, -0.05) is 74.4 Å². The van der Waals surface area contributed by atoms with Gasteiger partial charge < -0.3 is 0 Å². The third kappa shape index (κ3) is 5.41. The van der Waals surface area contributed by atoms with E-state index in [9.17, 15) is 0 Å². The third-order valence-corrected chi connectivity index (χ3v) is 7.25. The van der Waals surface area contributed by atoms with Crippen molar-refractivity contribution in [3.05, 3.63) is 86.0 Å². The molecule has 0 aliphatic heterocycles. The van der Waals surface area contributed by atoms with Crippen molar-refractivity contribution in [2.75, 3.05) is 18.5 Å². The fraction of sp³-hybridized carbons (Fsp3) is 0.222. The Hall–Kier alpha value is -1.39. The summed E-state index contributed by atoms with van der Waals surface area (Å²) in [4.78, 5) is 0. The molecule has 0 nitrogen and oxygen atoms in total. The van der Waals surface area contributed by atoms with Crippen LogP contribution in [-0.2, 0) is 6.16 Å². The first-order valence-electron chi connectivity index (χ1n) is 6.65. The van der Waals surface area contributed by atoms with Crippen LogP contribution in [0.4, 0.5) is 0 Å². The normalized spacial score (nSPS) is 11.4. The van der Waals surface area contributed by atoms with Gasteiger partial charge in [-0.2, -0.15) is 0 Å². The maximum absolute atomic E-state index is 3.95. The molecule has 0 aromatic heterocycles. The molecule has 0 fully saturated rings. The largest absolute Gasteiger partial charge is 0.0995 e. The first kappa shape index (κ1) is 15.7. The maximum Gasteiger partial charge on any atom is 0.0852 e. The zero-order chi connectivity index (χ0) is 14.0. The molecule has 0 heterocycles. The average molecular weight is 271 g/mol. The van der Waals surface area contributed by atoms with Gasteiger partial charge in [0.2, 0.25) is 0 Å². The van der Waals surface area contributed by atoms with E-state index in [0.29, 0.717) is 0 Å². The number of benzene rings is 1. The molecule has 1 rings (SSSR count). The molecule has 0 spiro atoms. The topological polar surface area (TPSA) is 0 Å². The molecule has 100 valence electrons. The van der Waals surface area contributed by atoms with Crippen molar-refractivity contribution in [2.45, 2.75) is 6.16 Å². The minimum Gasteiger partial charge on any atom is -0.0995 e. The molecule has 0 bridgehead atoms. The monoisotopic (exact) mass is 271 g/mol. The van der Waals surface area contributed by atoms with Crippen LogP contribution in [-0.4, -0.2) is 18.5 Å². The molecular formula is C18H24P+. The lowest BCUT2D eigenvalue weighted by Gasteiger charge is -2.24. The molecule has 0 saturated carbocycles. The Bertz CT molecular complexity index is 418. The molecule has 0 amide bonds. The van der Waals surface area contributed by atoms with Crippen molar-refractivity contribution in [3.8, 4) is 0 Å². The van der Waals surface area contributed by atoms with Gasteiger partial charge in [0.1, 0.15) is 0 Å². The second-order valence-corrected chi connectivity index (χ2v) is 8.87. The molecule has 19 heavy (non-hydrogen) atoms. The van der Waals surface area contributed by atoms with E-state index in [2.05, 4.69) is 68.3 Å². The van der Waals surface area contributed by atoms with Gasteiger partial charge in [-0.05, 0) is 11.6 Å². The van der Waals surface area contributed by atoms with Gasteiger partial charge in [0.15, 0.2) is 0 Å². The lowest BCUT2D eigenvalue weighted by Crippen LogP contribution is -2.07. The fourth-order valence-corrected chi connectivity index (χ4v) is 5.80. The van der Waals surface area contributed by atoms with Crippen LogP contribution in [0.3, 0.4) is 0 Å². The van der Waals surface area contributed by atoms with Crippen molar-refractivity contribution in [1.29, 1.82) is 0 Å². The standard InChI is InChI=1S/C18H24P/c1-4-7-11-16-19(14-5-2,15-6-3)17-18-12-9-8-10-13-18/h4-13H,1-3,14-17H2/q+1. The van der Waals surface area contributed by atoms with Gasteiger partial charge in [0.05, 0.1) is 24.6 Å². The highest BCUT2D eigenvalue weighted by atomic mass is 31.2. The second-order valence-electron chi connectivity index (χ2n) is 4.77. The van der Waals surface area contributed by atoms with Crippen LogP contribution in [0.15, 0.2) is 80.4 Å². The Labute approximate surface area is 118 Å². The maximum atomic E-state index is 3.95. The first-order chi connectivity index (χ1) is 9.26. The Morgan fingerprint density at radius 2 is 1.53 bits per heavy atom. The summed E-state index contributed by atoms with van der Waals surface area (Å²) in [6, 6.07) is 10.7. The molecular weight excluding hydrogens is 247 g/mol. The molecule has 0 radical (unpaired) electrons. The fourth-order valence-electron chi connectivity index (χ4n) is 2.32. The van der Waals surface area contributed by atoms with E-state index in [-0.39, 0.29) is 0 Å². The molecule has 1 heteroatoms. The number of rotatable bonds is 9. The Morgan fingerprint density at radius 1 is 0.895 bits per heavy atom. The predicted molar refractivity (Wildman–Crippen MR) is 91.4 cm³/mol.